The first-order valence-corrected chi connectivity index (χ1v) is 6.24. The molecule has 1 aromatic heterocycles. The van der Waals surface area contributed by atoms with Gasteiger partial charge in [0, 0.05) is 5.69 Å². The highest BCUT2D eigenvalue weighted by Crippen LogP contribution is 2.24. The summed E-state index contributed by atoms with van der Waals surface area (Å²) in [5.41, 5.74) is 2.36. The highest BCUT2D eigenvalue weighted by Gasteiger charge is 2.01. The van der Waals surface area contributed by atoms with Crippen molar-refractivity contribution in [3.63, 3.8) is 0 Å². The van der Waals surface area contributed by atoms with Gasteiger partial charge in [0.25, 0.3) is 0 Å². The van der Waals surface area contributed by atoms with Gasteiger partial charge in [0.05, 0.1) is 0 Å². The summed E-state index contributed by atoms with van der Waals surface area (Å²) in [4.78, 5) is 0. The van der Waals surface area contributed by atoms with E-state index in [4.69, 9.17) is 0 Å². The van der Waals surface area contributed by atoms with Crippen molar-refractivity contribution in [2.24, 2.45) is 0 Å². The van der Waals surface area contributed by atoms with E-state index in [-0.39, 0.29) is 0 Å². The van der Waals surface area contributed by atoms with Crippen LogP contribution in [0.4, 0.5) is 10.8 Å². The van der Waals surface area contributed by atoms with Crippen LogP contribution in [0.1, 0.15) is 12.5 Å². The van der Waals surface area contributed by atoms with Crippen LogP contribution in [0.2, 0.25) is 0 Å². The lowest BCUT2D eigenvalue weighted by Crippen LogP contribution is -1.90. The molecule has 15 heavy (non-hydrogen) atoms. The Kier molecular flexibility index (Phi) is 3.33. The first kappa shape index (κ1) is 10.6. The van der Waals surface area contributed by atoms with Crippen LogP contribution in [-0.2, 0) is 6.42 Å². The first-order valence-electron chi connectivity index (χ1n) is 4.63. The maximum Gasteiger partial charge on any atom is 0.210 e. The van der Waals surface area contributed by atoms with Gasteiger partial charge in [-0.1, -0.05) is 30.4 Å². The molecule has 1 N–H and O–H groups in total. The van der Waals surface area contributed by atoms with Gasteiger partial charge in [-0.05, 0) is 40.0 Å². The summed E-state index contributed by atoms with van der Waals surface area (Å²) in [6.07, 6.45) is 1.04. The topological polar surface area (TPSA) is 37.8 Å². The fourth-order valence-electron chi connectivity index (χ4n) is 1.25. The number of nitrogens with one attached hydrogen (secondary N) is 1. The zero-order chi connectivity index (χ0) is 10.7. The van der Waals surface area contributed by atoms with Crippen molar-refractivity contribution in [2.45, 2.75) is 13.3 Å². The molecular weight excluding hydrogens is 274 g/mol. The number of hydrogen-bond acceptors (Lipinski definition) is 4. The van der Waals surface area contributed by atoms with Crippen LogP contribution >= 0.6 is 27.3 Å². The van der Waals surface area contributed by atoms with E-state index < -0.39 is 0 Å². The Balaban J connectivity index is 2.16. The molecule has 0 aliphatic heterocycles. The molecule has 0 unspecified atom stereocenters. The molecule has 3 nitrogen and oxygen atoms in total. The zero-order valence-electron chi connectivity index (χ0n) is 8.20. The molecule has 0 amide bonds. The van der Waals surface area contributed by atoms with Crippen molar-refractivity contribution >= 4 is 38.1 Å². The lowest BCUT2D eigenvalue weighted by atomic mass is 10.1. The molecule has 1 aromatic carbocycles. The molecule has 1 heterocycles. The van der Waals surface area contributed by atoms with Gasteiger partial charge < -0.3 is 5.32 Å². The van der Waals surface area contributed by atoms with E-state index in [2.05, 4.69) is 50.5 Å². The predicted octanol–water partition coefficient (Wildman–Crippen LogP) is 3.61. The smallest absolute Gasteiger partial charge is 0.210 e. The SMILES string of the molecule is CCc1cccc(Nc2nnc(Br)s2)c1. The minimum absolute atomic E-state index is 0.789. The summed E-state index contributed by atoms with van der Waals surface area (Å²) < 4.78 is 0.789. The third-order valence-electron chi connectivity index (χ3n) is 1.99. The van der Waals surface area contributed by atoms with Crippen LogP contribution in [0.5, 0.6) is 0 Å². The molecule has 78 valence electrons. The Morgan fingerprint density at radius 2 is 2.27 bits per heavy atom. The van der Waals surface area contributed by atoms with Gasteiger partial charge in [0.1, 0.15) is 0 Å². The van der Waals surface area contributed by atoms with Crippen LogP contribution in [0.3, 0.4) is 0 Å². The molecule has 0 atom stereocenters. The zero-order valence-corrected chi connectivity index (χ0v) is 10.6. The second kappa shape index (κ2) is 4.72. The van der Waals surface area contributed by atoms with Gasteiger partial charge in [-0.2, -0.15) is 0 Å². The average Bonchev–Trinajstić information content (AvgIpc) is 2.64. The lowest BCUT2D eigenvalue weighted by molar-refractivity contribution is 1.07. The number of halogens is 1. The second-order valence-electron chi connectivity index (χ2n) is 3.04. The quantitative estimate of drug-likeness (QED) is 0.935. The van der Waals surface area contributed by atoms with E-state index >= 15 is 0 Å². The monoisotopic (exact) mass is 283 g/mol. The van der Waals surface area contributed by atoms with Crippen LogP contribution < -0.4 is 5.32 Å². The van der Waals surface area contributed by atoms with Crippen molar-refractivity contribution in [1.82, 2.24) is 10.2 Å². The summed E-state index contributed by atoms with van der Waals surface area (Å²) >= 11 is 4.76. The highest BCUT2D eigenvalue weighted by atomic mass is 79.9. The predicted molar refractivity (Wildman–Crippen MR) is 66.7 cm³/mol. The van der Waals surface area contributed by atoms with Gasteiger partial charge in [0.15, 0.2) is 3.92 Å². The number of hydrogen-bond donors (Lipinski definition) is 1. The molecule has 2 rings (SSSR count). The first-order chi connectivity index (χ1) is 7.28. The number of anilines is 2. The molecule has 2 aromatic rings. The Morgan fingerprint density at radius 1 is 1.40 bits per heavy atom. The maximum atomic E-state index is 3.98. The average molecular weight is 284 g/mol. The summed E-state index contributed by atoms with van der Waals surface area (Å²) in [5.74, 6) is 0. The van der Waals surface area contributed by atoms with E-state index in [1.54, 1.807) is 0 Å². The molecule has 0 aliphatic rings. The summed E-state index contributed by atoms with van der Waals surface area (Å²) in [6, 6.07) is 8.29. The molecule has 0 radical (unpaired) electrons. The van der Waals surface area contributed by atoms with Crippen molar-refractivity contribution in [3.05, 3.63) is 33.7 Å². The minimum atomic E-state index is 0.789. The molecule has 0 spiro atoms. The van der Waals surface area contributed by atoms with E-state index in [9.17, 15) is 0 Å². The third kappa shape index (κ3) is 2.76. The standard InChI is InChI=1S/C10H10BrN3S/c1-2-7-4-3-5-8(6-7)12-10-14-13-9(11)15-10/h3-6H,2H2,1H3,(H,12,14). The highest BCUT2D eigenvalue weighted by molar-refractivity contribution is 9.11. The number of aryl methyl sites for hydroxylation is 1. The Hall–Kier alpha value is -0.940. The fourth-order valence-corrected chi connectivity index (χ4v) is 2.28. The molecule has 0 bridgehead atoms. The van der Waals surface area contributed by atoms with Crippen molar-refractivity contribution in [1.29, 1.82) is 0 Å². The number of benzene rings is 1. The van der Waals surface area contributed by atoms with Gasteiger partial charge in [-0.25, -0.2) is 0 Å². The van der Waals surface area contributed by atoms with Crippen LogP contribution in [0.25, 0.3) is 0 Å². The van der Waals surface area contributed by atoms with Crippen LogP contribution in [-0.4, -0.2) is 10.2 Å². The Bertz CT molecular complexity index is 455. The largest absolute Gasteiger partial charge is 0.330 e. The van der Waals surface area contributed by atoms with Crippen LogP contribution in [0, 0.1) is 0 Å². The Labute approximate surface area is 101 Å². The minimum Gasteiger partial charge on any atom is -0.330 e. The maximum absolute atomic E-state index is 3.98. The lowest BCUT2D eigenvalue weighted by Gasteiger charge is -2.03. The molecule has 5 heteroatoms. The summed E-state index contributed by atoms with van der Waals surface area (Å²) in [6.45, 7) is 2.14. The van der Waals surface area contributed by atoms with Crippen molar-refractivity contribution < 1.29 is 0 Å². The van der Waals surface area contributed by atoms with Gasteiger partial charge in [-0.15, -0.1) is 10.2 Å². The molecular formula is C10H10BrN3S. The van der Waals surface area contributed by atoms with Crippen molar-refractivity contribution in [2.75, 3.05) is 5.32 Å². The van der Waals surface area contributed by atoms with E-state index in [0.717, 1.165) is 21.2 Å². The van der Waals surface area contributed by atoms with E-state index in [1.165, 1.54) is 16.9 Å². The molecule has 0 aliphatic carbocycles. The normalized spacial score (nSPS) is 10.3. The van der Waals surface area contributed by atoms with Crippen LogP contribution in [0.15, 0.2) is 28.2 Å². The number of aromatic nitrogens is 2. The van der Waals surface area contributed by atoms with E-state index in [0.29, 0.717) is 0 Å². The fraction of sp³-hybridized carbons (Fsp3) is 0.200. The summed E-state index contributed by atoms with van der Waals surface area (Å²) in [5, 5.41) is 11.9. The number of nitrogens with zero attached hydrogens (tertiary/aromatic N) is 2. The van der Waals surface area contributed by atoms with Crippen molar-refractivity contribution in [3.8, 4) is 0 Å². The van der Waals surface area contributed by atoms with Gasteiger partial charge in [0.2, 0.25) is 5.13 Å². The van der Waals surface area contributed by atoms with Gasteiger partial charge >= 0.3 is 0 Å². The Morgan fingerprint density at radius 3 is 2.93 bits per heavy atom. The number of rotatable bonds is 3. The van der Waals surface area contributed by atoms with E-state index in [1.807, 2.05) is 12.1 Å². The van der Waals surface area contributed by atoms with Gasteiger partial charge in [-0.3, -0.25) is 0 Å². The second-order valence-corrected chi connectivity index (χ2v) is 5.29. The molecule has 0 saturated carbocycles. The molecule has 0 saturated heterocycles. The summed E-state index contributed by atoms with van der Waals surface area (Å²) in [7, 11) is 0. The third-order valence-corrected chi connectivity index (χ3v) is 3.26. The molecule has 0 fully saturated rings.